The van der Waals surface area contributed by atoms with Crippen LogP contribution in [0.25, 0.3) is 0 Å². The summed E-state index contributed by atoms with van der Waals surface area (Å²) >= 11 is 25.3. The molecular weight excluding hydrogens is 1230 g/mol. The first-order valence-corrected chi connectivity index (χ1v) is 32.7. The van der Waals surface area contributed by atoms with Crippen LogP contribution in [0.2, 0.25) is 20.1 Å². The molecule has 20 nitrogen and oxygen atoms in total. The van der Waals surface area contributed by atoms with E-state index in [2.05, 4.69) is 64.7 Å². The van der Waals surface area contributed by atoms with Gasteiger partial charge in [-0.3, -0.25) is 48.4 Å². The van der Waals surface area contributed by atoms with Crippen molar-refractivity contribution in [3.05, 3.63) is 158 Å². The zero-order valence-electron chi connectivity index (χ0n) is 52.0. The molecule has 0 saturated carbocycles. The number of aromatic nitrogens is 2. The van der Waals surface area contributed by atoms with Gasteiger partial charge >= 0.3 is 0 Å². The maximum atomic E-state index is 14.4. The highest BCUT2D eigenvalue weighted by Crippen LogP contribution is 2.41. The Morgan fingerprint density at radius 1 is 0.556 bits per heavy atom. The molecule has 6 N–H and O–H groups in total. The van der Waals surface area contributed by atoms with Gasteiger partial charge in [0.1, 0.15) is 12.2 Å². The molecule has 6 aliphatic heterocycles. The van der Waals surface area contributed by atoms with Gasteiger partial charge in [-0.15, -0.1) is 0 Å². The van der Waals surface area contributed by atoms with Crippen LogP contribution in [0.5, 0.6) is 0 Å². The summed E-state index contributed by atoms with van der Waals surface area (Å²) in [5.41, 5.74) is 5.88. The maximum absolute atomic E-state index is 14.4. The first-order chi connectivity index (χ1) is 42.9. The molecule has 5 aromatic rings. The van der Waals surface area contributed by atoms with Crippen molar-refractivity contribution in [1.82, 2.24) is 50.8 Å². The number of aromatic amines is 2. The van der Waals surface area contributed by atoms with E-state index in [1.807, 2.05) is 86.0 Å². The number of morpholine rings is 2. The molecule has 0 aliphatic carbocycles. The van der Waals surface area contributed by atoms with Crippen LogP contribution in [0.3, 0.4) is 0 Å². The van der Waals surface area contributed by atoms with Crippen molar-refractivity contribution in [3.63, 3.8) is 0 Å². The summed E-state index contributed by atoms with van der Waals surface area (Å²) in [7, 11) is 0. The molecule has 4 amide bonds. The summed E-state index contributed by atoms with van der Waals surface area (Å²) in [6.45, 7) is 21.1. The fourth-order valence-corrected chi connectivity index (χ4v) is 14.5. The van der Waals surface area contributed by atoms with Crippen molar-refractivity contribution in [2.75, 3.05) is 115 Å². The largest absolute Gasteiger partial charge is 0.366 e. The summed E-state index contributed by atoms with van der Waals surface area (Å²) in [6, 6.07) is 22.2. The van der Waals surface area contributed by atoms with Crippen LogP contribution in [0.4, 0.5) is 11.4 Å². The quantitative estimate of drug-likeness (QED) is 0.0642. The second kappa shape index (κ2) is 27.9. The van der Waals surface area contributed by atoms with E-state index in [0.717, 1.165) is 33.6 Å². The van der Waals surface area contributed by atoms with Gasteiger partial charge in [0.25, 0.3) is 22.9 Å². The first kappa shape index (κ1) is 65.8. The summed E-state index contributed by atoms with van der Waals surface area (Å²) < 4.78 is 12.0. The number of pyridine rings is 2. The third-order valence-electron chi connectivity index (χ3n) is 18.5. The Kier molecular flexibility index (Phi) is 20.4. The number of halogens is 4. The third-order valence-corrected chi connectivity index (χ3v) is 19.7. The van der Waals surface area contributed by atoms with Crippen molar-refractivity contribution in [2.45, 2.75) is 115 Å². The van der Waals surface area contributed by atoms with Crippen molar-refractivity contribution < 1.29 is 28.7 Å². The smallest absolute Gasteiger partial charge is 0.251 e. The number of piperazine rings is 2. The highest BCUT2D eigenvalue weighted by atomic mass is 35.5. The Bertz CT molecular complexity index is 3390. The number of anilines is 2. The minimum absolute atomic E-state index is 0.00600. The van der Waals surface area contributed by atoms with Gasteiger partial charge in [-0.05, 0) is 72.5 Å². The van der Waals surface area contributed by atoms with E-state index < -0.39 is 23.0 Å². The number of hydrogen-bond acceptors (Lipinski definition) is 14. The third kappa shape index (κ3) is 15.3. The highest BCUT2D eigenvalue weighted by Gasteiger charge is 2.43. The number of benzene rings is 3. The summed E-state index contributed by atoms with van der Waals surface area (Å²) in [5, 5.41) is 15.3. The predicted molar refractivity (Wildman–Crippen MR) is 352 cm³/mol. The topological polar surface area (TPSA) is 220 Å². The van der Waals surface area contributed by atoms with Crippen molar-refractivity contribution >= 4 is 81.4 Å². The summed E-state index contributed by atoms with van der Waals surface area (Å²) in [4.78, 5) is 102. The predicted octanol–water partition coefficient (Wildman–Crippen LogP) is 5.47. The number of rotatable bonds is 18. The van der Waals surface area contributed by atoms with Crippen LogP contribution in [0.1, 0.15) is 86.3 Å². The number of fused-ring (bicyclic) bond motifs is 2. The van der Waals surface area contributed by atoms with Gasteiger partial charge in [-0.1, -0.05) is 110 Å². The molecule has 0 bridgehead atoms. The van der Waals surface area contributed by atoms with Gasteiger partial charge in [0.15, 0.2) is 0 Å². The second-order valence-electron chi connectivity index (χ2n) is 26.6. The standard InChI is InChI=1S/C66H82Cl4N12O8/c1-39-29-79(35-57(83)81-37-65(3,4)59-53(81)21-45(61(85)75-59)19-43-11-13-47(67)23-51(43)69)49(27-71-39)31-77-15-17-89-55(33-77)63(87)73-25-41-7-9-42(10-8-41)26-74-64(88)56-34-78(16-18-90-56)32-50-28-72-40(2)30-80(50)36-58(84)82-38-66(5,6)60-54(82)22-46(62(86)76-60)20-44-12-14-48(68)24-52(44)70/h7-14,21-24,39-40,49-50,55-56,71-72H,15-20,25-38H2,1-6H3,(H,73,87)(H,74,88)(H,75,85)(H,76,86)/t39-,40-,49-,50-,55+,56+/m1/s1. The van der Waals surface area contributed by atoms with Crippen LogP contribution in [-0.4, -0.2) is 194 Å². The van der Waals surface area contributed by atoms with Gasteiger partial charge in [-0.25, -0.2) is 0 Å². The Morgan fingerprint density at radius 2 is 0.956 bits per heavy atom. The first-order valence-electron chi connectivity index (χ1n) is 31.2. The molecule has 11 rings (SSSR count). The van der Waals surface area contributed by atoms with Gasteiger partial charge in [0.2, 0.25) is 11.8 Å². The minimum atomic E-state index is -0.672. The zero-order chi connectivity index (χ0) is 63.8. The second-order valence-corrected chi connectivity index (χ2v) is 28.3. The molecule has 3 aromatic carbocycles. The van der Waals surface area contributed by atoms with E-state index in [4.69, 9.17) is 55.9 Å². The lowest BCUT2D eigenvalue weighted by atomic mass is 9.91. The normalized spacial score (nSPS) is 23.8. The monoisotopic (exact) mass is 1310 g/mol. The van der Waals surface area contributed by atoms with E-state index in [0.29, 0.717) is 147 Å². The molecule has 6 atom stereocenters. The van der Waals surface area contributed by atoms with Crippen LogP contribution in [0.15, 0.2) is 82.4 Å². The molecule has 8 heterocycles. The molecular formula is C66H82Cl4N12O8. The number of carbonyl (C=O) groups excluding carboxylic acids is 4. The average Bonchev–Trinajstić information content (AvgIpc) is 1.62. The lowest BCUT2D eigenvalue weighted by Crippen LogP contribution is -2.62. The molecule has 4 fully saturated rings. The molecule has 0 unspecified atom stereocenters. The number of nitrogens with one attached hydrogen (secondary N) is 6. The fraction of sp³-hybridized carbons (Fsp3) is 0.515. The molecule has 24 heteroatoms. The van der Waals surface area contributed by atoms with Gasteiger partial charge in [0.05, 0.1) is 37.7 Å². The highest BCUT2D eigenvalue weighted by molar-refractivity contribution is 6.35. The number of ether oxygens (including phenoxy) is 2. The Labute approximate surface area is 545 Å². The number of nitrogens with zero attached hydrogens (tertiary/aromatic N) is 6. The zero-order valence-corrected chi connectivity index (χ0v) is 55.0. The maximum Gasteiger partial charge on any atom is 0.251 e. The van der Waals surface area contributed by atoms with E-state index >= 15 is 0 Å². The lowest BCUT2D eigenvalue weighted by molar-refractivity contribution is -0.139. The molecule has 4 saturated heterocycles. The fourth-order valence-electron chi connectivity index (χ4n) is 13.5. The lowest BCUT2D eigenvalue weighted by Gasteiger charge is -2.43. The Balaban J connectivity index is 0.632. The van der Waals surface area contributed by atoms with E-state index in [-0.39, 0.29) is 84.8 Å². The van der Waals surface area contributed by atoms with Gasteiger partial charge in [-0.2, -0.15) is 0 Å². The summed E-state index contributed by atoms with van der Waals surface area (Å²) in [6.07, 6.45) is -0.765. The van der Waals surface area contributed by atoms with Gasteiger partial charge < -0.3 is 50.5 Å². The Morgan fingerprint density at radius 3 is 1.34 bits per heavy atom. The van der Waals surface area contributed by atoms with Crippen LogP contribution in [0, 0.1) is 0 Å². The number of H-pyrrole nitrogens is 2. The van der Waals surface area contributed by atoms with Crippen molar-refractivity contribution in [2.24, 2.45) is 0 Å². The molecule has 0 spiro atoms. The molecule has 482 valence electrons. The van der Waals surface area contributed by atoms with Crippen molar-refractivity contribution in [3.8, 4) is 0 Å². The van der Waals surface area contributed by atoms with E-state index in [1.165, 1.54) is 0 Å². The van der Waals surface area contributed by atoms with Crippen LogP contribution < -0.4 is 42.2 Å². The van der Waals surface area contributed by atoms with Crippen molar-refractivity contribution in [1.29, 1.82) is 0 Å². The molecule has 6 aliphatic rings. The summed E-state index contributed by atoms with van der Waals surface area (Å²) in [5.74, 6) is -0.503. The Hall–Kier alpha value is -5.72. The number of amides is 4. The van der Waals surface area contributed by atoms with Gasteiger partial charge in [0, 0.05) is 182 Å². The molecule has 90 heavy (non-hydrogen) atoms. The SMILES string of the molecule is C[C@@H]1CN(CC(=O)N2CC(C)(C)c3[nH]c(=O)c(Cc4ccc(Cl)cc4Cl)cc32)[C@@H](CN2CCO[C@H](C(=O)NCc3ccc(CNC(=O)[C@@H]4CN(C[C@H]5CN[C@H](C)CN5CC(=O)N5CC(C)(C)c6[nH]c(=O)c(Cc7ccc(Cl)cc7Cl)cc65)CCO4)cc3)C2)CN1. The molecule has 0 radical (unpaired) electrons. The van der Waals surface area contributed by atoms with E-state index in [1.54, 1.807) is 24.3 Å². The number of carbonyl (C=O) groups is 4. The molecule has 2 aromatic heterocycles. The number of hydrogen-bond donors (Lipinski definition) is 6. The minimum Gasteiger partial charge on any atom is -0.366 e. The van der Waals surface area contributed by atoms with Crippen LogP contribution >= 0.6 is 46.4 Å². The van der Waals surface area contributed by atoms with E-state index in [9.17, 15) is 28.8 Å². The average molecular weight is 1310 g/mol. The van der Waals surface area contributed by atoms with Crippen LogP contribution in [-0.2, 0) is 65.4 Å².